The van der Waals surface area contributed by atoms with Crippen LogP contribution in [0.3, 0.4) is 0 Å². The van der Waals surface area contributed by atoms with Crippen molar-refractivity contribution in [3.8, 4) is 5.75 Å². The summed E-state index contributed by atoms with van der Waals surface area (Å²) in [6, 6.07) is 5.85. The number of alkyl carbamates (subject to hydrolysis) is 1. The molecule has 1 aromatic rings. The van der Waals surface area contributed by atoms with E-state index in [1.807, 2.05) is 0 Å². The van der Waals surface area contributed by atoms with E-state index in [1.54, 1.807) is 45.0 Å². The number of aliphatic carboxylic acids is 1. The highest BCUT2D eigenvalue weighted by Crippen LogP contribution is 2.20. The lowest BCUT2D eigenvalue weighted by Gasteiger charge is -2.22. The standard InChI is InChI=1S/C16H23NO6/c1-16(2,3)23-15(20)17-12(14(18)19)9-11-7-5-6-8-13(11)22-10-21-4/h5-8,12H,9-10H2,1-4H3,(H,17,20)(H,18,19). The Morgan fingerprint density at radius 3 is 2.48 bits per heavy atom. The zero-order valence-electron chi connectivity index (χ0n) is 13.8. The molecule has 7 heteroatoms. The van der Waals surface area contributed by atoms with E-state index >= 15 is 0 Å². The molecule has 0 saturated heterocycles. The monoisotopic (exact) mass is 325 g/mol. The van der Waals surface area contributed by atoms with E-state index in [1.165, 1.54) is 7.11 Å². The zero-order chi connectivity index (χ0) is 17.5. The Hall–Kier alpha value is -2.28. The molecule has 0 aliphatic rings. The Morgan fingerprint density at radius 1 is 1.26 bits per heavy atom. The summed E-state index contributed by atoms with van der Waals surface area (Å²) in [5, 5.41) is 11.7. The Kier molecular flexibility index (Phi) is 6.84. The molecule has 1 aromatic carbocycles. The van der Waals surface area contributed by atoms with E-state index in [0.717, 1.165) is 0 Å². The largest absolute Gasteiger partial charge is 0.480 e. The Morgan fingerprint density at radius 2 is 1.91 bits per heavy atom. The smallest absolute Gasteiger partial charge is 0.408 e. The van der Waals surface area contributed by atoms with Gasteiger partial charge in [0.25, 0.3) is 0 Å². The number of carbonyl (C=O) groups is 2. The number of hydrogen-bond acceptors (Lipinski definition) is 5. The molecule has 0 bridgehead atoms. The lowest BCUT2D eigenvalue weighted by molar-refractivity contribution is -0.139. The van der Waals surface area contributed by atoms with Gasteiger partial charge in [0.2, 0.25) is 0 Å². The maximum absolute atomic E-state index is 11.8. The number of methoxy groups -OCH3 is 1. The van der Waals surface area contributed by atoms with E-state index in [4.69, 9.17) is 14.2 Å². The van der Waals surface area contributed by atoms with Gasteiger partial charge in [-0.05, 0) is 32.4 Å². The predicted octanol–water partition coefficient (Wildman–Crippen LogP) is 2.19. The second kappa shape index (κ2) is 8.38. The van der Waals surface area contributed by atoms with E-state index in [2.05, 4.69) is 5.32 Å². The number of amides is 1. The highest BCUT2D eigenvalue weighted by Gasteiger charge is 2.25. The van der Waals surface area contributed by atoms with Gasteiger partial charge < -0.3 is 24.6 Å². The van der Waals surface area contributed by atoms with Crippen LogP contribution in [0.5, 0.6) is 5.75 Å². The van der Waals surface area contributed by atoms with Crippen LogP contribution in [0.15, 0.2) is 24.3 Å². The molecular weight excluding hydrogens is 302 g/mol. The maximum atomic E-state index is 11.8. The van der Waals surface area contributed by atoms with E-state index in [0.29, 0.717) is 11.3 Å². The normalized spacial score (nSPS) is 12.3. The van der Waals surface area contributed by atoms with Crippen LogP contribution in [0, 0.1) is 0 Å². The van der Waals surface area contributed by atoms with Gasteiger partial charge in [0.05, 0.1) is 0 Å². The van der Waals surface area contributed by atoms with Crippen LogP contribution in [0.1, 0.15) is 26.3 Å². The molecule has 0 aliphatic heterocycles. The number of carboxylic acid groups (broad SMARTS) is 1. The number of para-hydroxylation sites is 1. The van der Waals surface area contributed by atoms with Crippen molar-refractivity contribution in [1.29, 1.82) is 0 Å². The lowest BCUT2D eigenvalue weighted by atomic mass is 10.1. The van der Waals surface area contributed by atoms with E-state index in [-0.39, 0.29) is 13.2 Å². The topological polar surface area (TPSA) is 94.1 Å². The van der Waals surface area contributed by atoms with Gasteiger partial charge in [-0.1, -0.05) is 18.2 Å². The third-order valence-electron chi connectivity index (χ3n) is 2.72. The molecule has 0 spiro atoms. The molecule has 7 nitrogen and oxygen atoms in total. The fraction of sp³-hybridized carbons (Fsp3) is 0.500. The van der Waals surface area contributed by atoms with E-state index < -0.39 is 23.7 Å². The maximum Gasteiger partial charge on any atom is 0.408 e. The van der Waals surface area contributed by atoms with Gasteiger partial charge in [-0.2, -0.15) is 0 Å². The average Bonchev–Trinajstić information content (AvgIpc) is 2.43. The first-order valence-corrected chi connectivity index (χ1v) is 7.15. The molecule has 0 heterocycles. The summed E-state index contributed by atoms with van der Waals surface area (Å²) in [5.41, 5.74) is -0.0555. The molecule has 128 valence electrons. The molecule has 0 aromatic heterocycles. The quantitative estimate of drug-likeness (QED) is 0.746. The predicted molar refractivity (Wildman–Crippen MR) is 83.4 cm³/mol. The highest BCUT2D eigenvalue weighted by molar-refractivity contribution is 5.80. The third kappa shape index (κ3) is 7.01. The second-order valence-electron chi connectivity index (χ2n) is 5.90. The van der Waals surface area contributed by atoms with Crippen molar-refractivity contribution < 1.29 is 28.9 Å². The minimum atomic E-state index is -1.16. The summed E-state index contributed by atoms with van der Waals surface area (Å²) in [6.07, 6.45) is -0.714. The van der Waals surface area contributed by atoms with Crippen molar-refractivity contribution in [3.63, 3.8) is 0 Å². The van der Waals surface area contributed by atoms with Crippen LogP contribution >= 0.6 is 0 Å². The molecule has 23 heavy (non-hydrogen) atoms. The van der Waals surface area contributed by atoms with E-state index in [9.17, 15) is 14.7 Å². The fourth-order valence-corrected chi connectivity index (χ4v) is 1.81. The number of nitrogens with one attached hydrogen (secondary N) is 1. The number of carboxylic acids is 1. The molecule has 1 amide bonds. The number of benzene rings is 1. The second-order valence-corrected chi connectivity index (χ2v) is 5.90. The number of carbonyl (C=O) groups excluding carboxylic acids is 1. The minimum Gasteiger partial charge on any atom is -0.480 e. The fourth-order valence-electron chi connectivity index (χ4n) is 1.81. The van der Waals surface area contributed by atoms with Gasteiger partial charge in [0, 0.05) is 13.5 Å². The van der Waals surface area contributed by atoms with Crippen LogP contribution in [-0.2, 0) is 20.7 Å². The lowest BCUT2D eigenvalue weighted by Crippen LogP contribution is -2.44. The number of hydrogen-bond donors (Lipinski definition) is 2. The molecule has 0 fully saturated rings. The van der Waals surface area contributed by atoms with Crippen molar-refractivity contribution in [2.45, 2.75) is 38.8 Å². The van der Waals surface area contributed by atoms with Gasteiger partial charge in [0.15, 0.2) is 6.79 Å². The summed E-state index contributed by atoms with van der Waals surface area (Å²) in [7, 11) is 1.49. The minimum absolute atomic E-state index is 0.0498. The van der Waals surface area contributed by atoms with Crippen LogP contribution in [0.2, 0.25) is 0 Å². The van der Waals surface area contributed by atoms with Crippen LogP contribution in [0.4, 0.5) is 4.79 Å². The molecule has 2 N–H and O–H groups in total. The van der Waals surface area contributed by atoms with Crippen LogP contribution in [0.25, 0.3) is 0 Å². The first-order valence-electron chi connectivity index (χ1n) is 7.15. The van der Waals surface area contributed by atoms with Crippen molar-refractivity contribution in [3.05, 3.63) is 29.8 Å². The Labute approximate surface area is 135 Å². The number of rotatable bonds is 7. The van der Waals surface area contributed by atoms with Gasteiger partial charge >= 0.3 is 12.1 Å². The summed E-state index contributed by atoms with van der Waals surface area (Å²) in [4.78, 5) is 23.2. The van der Waals surface area contributed by atoms with Crippen molar-refractivity contribution >= 4 is 12.1 Å². The van der Waals surface area contributed by atoms with Crippen molar-refractivity contribution in [2.24, 2.45) is 0 Å². The highest BCUT2D eigenvalue weighted by atomic mass is 16.7. The van der Waals surface area contributed by atoms with Gasteiger partial charge in [0.1, 0.15) is 17.4 Å². The average molecular weight is 325 g/mol. The summed E-state index contributed by atoms with van der Waals surface area (Å²) in [6.45, 7) is 5.16. The Bertz CT molecular complexity index is 538. The molecule has 0 saturated carbocycles. The molecule has 1 unspecified atom stereocenters. The first kappa shape index (κ1) is 18.8. The summed E-state index contributed by atoms with van der Waals surface area (Å²) < 4.78 is 15.3. The summed E-state index contributed by atoms with van der Waals surface area (Å²) in [5.74, 6) is -0.649. The molecule has 1 rings (SSSR count). The van der Waals surface area contributed by atoms with Gasteiger partial charge in [-0.25, -0.2) is 9.59 Å². The van der Waals surface area contributed by atoms with Crippen LogP contribution < -0.4 is 10.1 Å². The van der Waals surface area contributed by atoms with Crippen molar-refractivity contribution in [1.82, 2.24) is 5.32 Å². The van der Waals surface area contributed by atoms with Gasteiger partial charge in [-0.15, -0.1) is 0 Å². The molecule has 1 atom stereocenters. The number of ether oxygens (including phenoxy) is 3. The third-order valence-corrected chi connectivity index (χ3v) is 2.72. The molecule has 0 radical (unpaired) electrons. The molecular formula is C16H23NO6. The zero-order valence-corrected chi connectivity index (χ0v) is 13.8. The van der Waals surface area contributed by atoms with Gasteiger partial charge in [-0.3, -0.25) is 0 Å². The SMILES string of the molecule is COCOc1ccccc1CC(NC(=O)OC(C)(C)C)C(=O)O. The van der Waals surface area contributed by atoms with Crippen LogP contribution in [-0.4, -0.2) is 42.7 Å². The van der Waals surface area contributed by atoms with Crippen molar-refractivity contribution in [2.75, 3.05) is 13.9 Å². The summed E-state index contributed by atoms with van der Waals surface area (Å²) >= 11 is 0. The first-order chi connectivity index (χ1) is 10.7. The Balaban J connectivity index is 2.80. The molecule has 0 aliphatic carbocycles.